The molecule has 1 aromatic rings. The van der Waals surface area contributed by atoms with E-state index in [1.54, 1.807) is 16.9 Å². The van der Waals surface area contributed by atoms with Crippen molar-refractivity contribution < 1.29 is 0 Å². The van der Waals surface area contributed by atoms with Crippen molar-refractivity contribution in [1.29, 1.82) is 0 Å². The van der Waals surface area contributed by atoms with Crippen LogP contribution in [0.15, 0.2) is 17.1 Å². The second kappa shape index (κ2) is 5.25. The van der Waals surface area contributed by atoms with Crippen molar-refractivity contribution in [2.24, 2.45) is 0 Å². The van der Waals surface area contributed by atoms with E-state index in [2.05, 4.69) is 10.4 Å². The fourth-order valence-corrected chi connectivity index (χ4v) is 1.67. The van der Waals surface area contributed by atoms with Crippen LogP contribution in [0.5, 0.6) is 0 Å². The lowest BCUT2D eigenvalue weighted by atomic mass is 10.3. The molecule has 0 unspecified atom stereocenters. The zero-order chi connectivity index (χ0) is 11.4. The largest absolute Gasteiger partial charge is 0.314 e. The van der Waals surface area contributed by atoms with E-state index in [0.717, 1.165) is 37.5 Å². The molecule has 2 rings (SSSR count). The monoisotopic (exact) mass is 221 g/mol. The van der Waals surface area contributed by atoms with Crippen molar-refractivity contribution in [2.75, 3.05) is 6.54 Å². The maximum absolute atomic E-state index is 11.5. The highest BCUT2D eigenvalue weighted by molar-refractivity contribution is 5.02. The summed E-state index contributed by atoms with van der Waals surface area (Å²) in [6.07, 6.45) is 6.52. The molecule has 1 heterocycles. The Hall–Kier alpha value is -1.16. The molecule has 1 N–H and O–H groups in total. The number of rotatable bonds is 6. The Labute approximate surface area is 95.7 Å². The van der Waals surface area contributed by atoms with E-state index in [0.29, 0.717) is 0 Å². The van der Waals surface area contributed by atoms with Crippen LogP contribution in [0.1, 0.15) is 31.2 Å². The van der Waals surface area contributed by atoms with Crippen molar-refractivity contribution in [3.63, 3.8) is 0 Å². The summed E-state index contributed by atoms with van der Waals surface area (Å²) in [7, 11) is 0. The average molecular weight is 221 g/mol. The van der Waals surface area contributed by atoms with Gasteiger partial charge in [-0.1, -0.05) is 0 Å². The summed E-state index contributed by atoms with van der Waals surface area (Å²) >= 11 is 0. The molecular weight excluding hydrogens is 202 g/mol. The molecule has 4 nitrogen and oxygen atoms in total. The highest BCUT2D eigenvalue weighted by Gasteiger charge is 2.19. The molecule has 88 valence electrons. The van der Waals surface area contributed by atoms with Crippen molar-refractivity contribution in [3.05, 3.63) is 28.2 Å². The van der Waals surface area contributed by atoms with E-state index in [1.807, 2.05) is 6.92 Å². The number of nitrogens with zero attached hydrogens (tertiary/aromatic N) is 2. The second-order valence-electron chi connectivity index (χ2n) is 4.53. The SMILES string of the molecule is Cc1cnn(CCCCNC2CC2)c(=O)c1. The molecule has 1 aromatic heterocycles. The van der Waals surface area contributed by atoms with E-state index >= 15 is 0 Å². The highest BCUT2D eigenvalue weighted by Crippen LogP contribution is 2.18. The second-order valence-corrected chi connectivity index (χ2v) is 4.53. The van der Waals surface area contributed by atoms with Gasteiger partial charge in [0.05, 0.1) is 6.20 Å². The lowest BCUT2D eigenvalue weighted by molar-refractivity contribution is 0.514. The predicted octanol–water partition coefficient (Wildman–Crippen LogP) is 1.08. The summed E-state index contributed by atoms with van der Waals surface area (Å²) in [6.45, 7) is 3.68. The third kappa shape index (κ3) is 3.45. The van der Waals surface area contributed by atoms with E-state index in [4.69, 9.17) is 0 Å². The van der Waals surface area contributed by atoms with Gasteiger partial charge in [-0.05, 0) is 44.7 Å². The molecule has 4 heteroatoms. The lowest BCUT2D eigenvalue weighted by Gasteiger charge is -2.05. The molecule has 16 heavy (non-hydrogen) atoms. The van der Waals surface area contributed by atoms with Crippen LogP contribution in [-0.4, -0.2) is 22.4 Å². The number of hydrogen-bond acceptors (Lipinski definition) is 3. The zero-order valence-corrected chi connectivity index (χ0v) is 9.78. The number of unbranched alkanes of at least 4 members (excludes halogenated alkanes) is 1. The first-order chi connectivity index (χ1) is 7.75. The minimum Gasteiger partial charge on any atom is -0.314 e. The van der Waals surface area contributed by atoms with Crippen molar-refractivity contribution in [3.8, 4) is 0 Å². The third-order valence-corrected chi connectivity index (χ3v) is 2.81. The molecule has 0 aliphatic heterocycles. The number of nitrogens with one attached hydrogen (secondary N) is 1. The molecule has 0 aromatic carbocycles. The third-order valence-electron chi connectivity index (χ3n) is 2.81. The smallest absolute Gasteiger partial charge is 0.266 e. The van der Waals surface area contributed by atoms with Crippen LogP contribution in [0.2, 0.25) is 0 Å². The van der Waals surface area contributed by atoms with Gasteiger partial charge in [-0.25, -0.2) is 4.68 Å². The minimum absolute atomic E-state index is 0.00940. The fraction of sp³-hybridized carbons (Fsp3) is 0.667. The summed E-state index contributed by atoms with van der Waals surface area (Å²) in [4.78, 5) is 11.5. The fourth-order valence-electron chi connectivity index (χ4n) is 1.67. The molecule has 0 saturated heterocycles. The number of aryl methyl sites for hydroxylation is 2. The van der Waals surface area contributed by atoms with E-state index in [-0.39, 0.29) is 5.56 Å². The Morgan fingerprint density at radius 3 is 3.00 bits per heavy atom. The quantitative estimate of drug-likeness (QED) is 0.731. The molecular formula is C12H19N3O. The zero-order valence-electron chi connectivity index (χ0n) is 9.78. The van der Waals surface area contributed by atoms with Gasteiger partial charge < -0.3 is 5.32 Å². The van der Waals surface area contributed by atoms with Gasteiger partial charge in [0.1, 0.15) is 0 Å². The van der Waals surface area contributed by atoms with Gasteiger partial charge in [-0.3, -0.25) is 4.79 Å². The summed E-state index contributed by atoms with van der Waals surface area (Å²) < 4.78 is 1.55. The molecule has 0 amide bonds. The normalized spacial score (nSPS) is 15.3. The first-order valence-corrected chi connectivity index (χ1v) is 6.03. The van der Waals surface area contributed by atoms with Gasteiger partial charge in [0.2, 0.25) is 0 Å². The van der Waals surface area contributed by atoms with Gasteiger partial charge >= 0.3 is 0 Å². The Kier molecular flexibility index (Phi) is 3.72. The molecule has 0 radical (unpaired) electrons. The first kappa shape index (κ1) is 11.3. The first-order valence-electron chi connectivity index (χ1n) is 6.03. The predicted molar refractivity (Wildman–Crippen MR) is 63.5 cm³/mol. The molecule has 1 aliphatic carbocycles. The van der Waals surface area contributed by atoms with Crippen LogP contribution >= 0.6 is 0 Å². The summed E-state index contributed by atoms with van der Waals surface area (Å²) in [5.74, 6) is 0. The van der Waals surface area contributed by atoms with Gasteiger partial charge in [0.25, 0.3) is 5.56 Å². The maximum Gasteiger partial charge on any atom is 0.266 e. The topological polar surface area (TPSA) is 46.9 Å². The van der Waals surface area contributed by atoms with Crippen molar-refractivity contribution in [2.45, 2.75) is 45.2 Å². The lowest BCUT2D eigenvalue weighted by Crippen LogP contribution is -2.23. The number of aromatic nitrogens is 2. The van der Waals surface area contributed by atoms with Gasteiger partial charge in [-0.15, -0.1) is 0 Å². The highest BCUT2D eigenvalue weighted by atomic mass is 16.1. The molecule has 1 fully saturated rings. The van der Waals surface area contributed by atoms with E-state index in [1.165, 1.54) is 12.8 Å². The van der Waals surface area contributed by atoms with Crippen LogP contribution in [0.25, 0.3) is 0 Å². The molecule has 0 spiro atoms. The van der Waals surface area contributed by atoms with Crippen molar-refractivity contribution in [1.82, 2.24) is 15.1 Å². The number of hydrogen-bond donors (Lipinski definition) is 1. The van der Waals surface area contributed by atoms with Crippen LogP contribution in [0.3, 0.4) is 0 Å². The summed E-state index contributed by atoms with van der Waals surface area (Å²) in [5, 5.41) is 7.57. The Balaban J connectivity index is 1.69. The van der Waals surface area contributed by atoms with E-state index < -0.39 is 0 Å². The van der Waals surface area contributed by atoms with Gasteiger partial charge in [-0.2, -0.15) is 5.10 Å². The molecule has 0 atom stereocenters. The van der Waals surface area contributed by atoms with Gasteiger partial charge in [0.15, 0.2) is 0 Å². The standard InChI is InChI=1S/C12H19N3O/c1-10-8-12(16)15(14-9-10)7-3-2-6-13-11-4-5-11/h8-9,11,13H,2-7H2,1H3. The van der Waals surface area contributed by atoms with Gasteiger partial charge in [0, 0.05) is 18.7 Å². The minimum atomic E-state index is 0.00940. The maximum atomic E-state index is 11.5. The molecule has 1 aliphatic rings. The van der Waals surface area contributed by atoms with Crippen LogP contribution in [0, 0.1) is 6.92 Å². The van der Waals surface area contributed by atoms with Crippen LogP contribution < -0.4 is 10.9 Å². The van der Waals surface area contributed by atoms with Crippen molar-refractivity contribution >= 4 is 0 Å². The average Bonchev–Trinajstić information content (AvgIpc) is 3.04. The van der Waals surface area contributed by atoms with Crippen LogP contribution in [-0.2, 0) is 6.54 Å². The van der Waals surface area contributed by atoms with Crippen LogP contribution in [0.4, 0.5) is 0 Å². The molecule has 1 saturated carbocycles. The van der Waals surface area contributed by atoms with E-state index in [9.17, 15) is 4.79 Å². The Morgan fingerprint density at radius 1 is 1.50 bits per heavy atom. The summed E-state index contributed by atoms with van der Waals surface area (Å²) in [5.41, 5.74) is 0.937. The Morgan fingerprint density at radius 2 is 2.31 bits per heavy atom. The summed E-state index contributed by atoms with van der Waals surface area (Å²) in [6, 6.07) is 2.41. The Bertz CT molecular complexity index is 395. The molecule has 0 bridgehead atoms.